The zero-order valence-electron chi connectivity index (χ0n) is 18.9. The number of unbranched alkanes of at least 4 members (excludes halogenated alkanes) is 1. The summed E-state index contributed by atoms with van der Waals surface area (Å²) in [7, 11) is -4.11. The van der Waals surface area contributed by atoms with Gasteiger partial charge in [0, 0.05) is 25.7 Å². The summed E-state index contributed by atoms with van der Waals surface area (Å²) in [5, 5.41) is 0. The first-order chi connectivity index (χ1) is 15.7. The van der Waals surface area contributed by atoms with Crippen molar-refractivity contribution in [3.8, 4) is 12.3 Å². The van der Waals surface area contributed by atoms with Gasteiger partial charge >= 0.3 is 13.3 Å². The Kier molecular flexibility index (Phi) is 7.75. The first-order valence-corrected chi connectivity index (χ1v) is 12.7. The van der Waals surface area contributed by atoms with Crippen molar-refractivity contribution >= 4 is 18.8 Å². The normalized spacial score (nSPS) is 11.7. The molecule has 0 amide bonds. The molecule has 0 aliphatic rings. The molecule has 9 nitrogen and oxygen atoms in total. The minimum absolute atomic E-state index is 0.163. The zero-order valence-corrected chi connectivity index (χ0v) is 19.8. The molecule has 33 heavy (non-hydrogen) atoms. The van der Waals surface area contributed by atoms with Crippen molar-refractivity contribution in [1.29, 1.82) is 0 Å². The van der Waals surface area contributed by atoms with Crippen molar-refractivity contribution in [2.45, 2.75) is 59.2 Å². The Labute approximate surface area is 191 Å². The van der Waals surface area contributed by atoms with Gasteiger partial charge in [-0.05, 0) is 44.2 Å². The van der Waals surface area contributed by atoms with E-state index in [1.165, 1.54) is 15.7 Å². The van der Waals surface area contributed by atoms with Gasteiger partial charge in [0.15, 0.2) is 11.2 Å². The highest BCUT2D eigenvalue weighted by molar-refractivity contribution is 7.51. The van der Waals surface area contributed by atoms with Crippen molar-refractivity contribution in [3.63, 3.8) is 0 Å². The van der Waals surface area contributed by atoms with E-state index in [1.54, 1.807) is 0 Å². The fourth-order valence-electron chi connectivity index (χ4n) is 4.02. The Morgan fingerprint density at radius 3 is 2.45 bits per heavy atom. The molecule has 2 N–H and O–H groups in total. The molecular formula is C23H29N4O5P. The number of benzene rings is 1. The smallest absolute Gasteiger partial charge is 0.324 e. The summed E-state index contributed by atoms with van der Waals surface area (Å²) in [6.45, 7) is 4.48. The number of aromatic nitrogens is 4. The summed E-state index contributed by atoms with van der Waals surface area (Å²) in [5.74, 6) is 3.06. The van der Waals surface area contributed by atoms with Crippen LogP contribution in [-0.2, 0) is 37.0 Å². The maximum absolute atomic E-state index is 13.2. The molecule has 0 aliphatic heterocycles. The number of nitrogens with zero attached hydrogens (tertiary/aromatic N) is 4. The summed E-state index contributed by atoms with van der Waals surface area (Å²) in [5.41, 5.74) is 1.93. The fourth-order valence-corrected chi connectivity index (χ4v) is 4.66. The van der Waals surface area contributed by atoms with Crippen molar-refractivity contribution in [1.82, 2.24) is 18.7 Å². The Morgan fingerprint density at radius 1 is 1.09 bits per heavy atom. The lowest BCUT2D eigenvalue weighted by Gasteiger charge is -2.11. The van der Waals surface area contributed by atoms with Crippen LogP contribution in [0.2, 0.25) is 0 Å². The molecule has 2 heterocycles. The highest BCUT2D eigenvalue weighted by Gasteiger charge is 2.21. The van der Waals surface area contributed by atoms with Crippen molar-refractivity contribution in [2.75, 3.05) is 6.16 Å². The molecule has 0 saturated carbocycles. The summed E-state index contributed by atoms with van der Waals surface area (Å²) in [6, 6.07) is 8.08. The van der Waals surface area contributed by atoms with Crippen LogP contribution < -0.4 is 11.2 Å². The quantitative estimate of drug-likeness (QED) is 0.265. The standard InChI is InChI=1S/C23H29N4O5P/c1-4-14-27-22(28)20-21(26(23(27)29)15-8-9-16-33(30,31)32)24-19(25(20)5-2)13-12-18-11-7-6-10-17(18)3/h1,6-7,10-11H,5,8-9,12-16H2,2-3H3,(H2,30,31,32). The number of terminal acetylenes is 1. The highest BCUT2D eigenvalue weighted by Crippen LogP contribution is 2.35. The minimum atomic E-state index is -4.11. The molecule has 1 aromatic carbocycles. The molecule has 0 spiro atoms. The molecule has 0 aliphatic carbocycles. The van der Waals surface area contributed by atoms with Crippen LogP contribution in [0.1, 0.15) is 36.7 Å². The predicted octanol–water partition coefficient (Wildman–Crippen LogP) is 2.06. The molecule has 2 aromatic heterocycles. The molecule has 3 rings (SSSR count). The lowest BCUT2D eigenvalue weighted by atomic mass is 10.0. The average molecular weight is 472 g/mol. The fraction of sp³-hybridized carbons (Fsp3) is 0.435. The van der Waals surface area contributed by atoms with E-state index in [1.807, 2.05) is 36.6 Å². The molecule has 176 valence electrons. The minimum Gasteiger partial charge on any atom is -0.324 e. The van der Waals surface area contributed by atoms with Gasteiger partial charge in [0.25, 0.3) is 5.56 Å². The Hall–Kier alpha value is -2.92. The first-order valence-electron chi connectivity index (χ1n) is 10.9. The topological polar surface area (TPSA) is 119 Å². The SMILES string of the molecule is C#CCn1c(=O)c2c(nc(CCc3ccccc3C)n2CC)n(CCCCP(=O)(O)O)c1=O. The van der Waals surface area contributed by atoms with E-state index in [-0.39, 0.29) is 31.3 Å². The molecular weight excluding hydrogens is 443 g/mol. The van der Waals surface area contributed by atoms with Crippen molar-refractivity contribution in [3.05, 3.63) is 62.1 Å². The van der Waals surface area contributed by atoms with Gasteiger partial charge in [0.2, 0.25) is 0 Å². The number of aryl methyl sites for hydroxylation is 5. The highest BCUT2D eigenvalue weighted by atomic mass is 31.2. The van der Waals surface area contributed by atoms with Crippen LogP contribution in [0, 0.1) is 19.3 Å². The average Bonchev–Trinajstić information content (AvgIpc) is 3.13. The van der Waals surface area contributed by atoms with Crippen molar-refractivity contribution < 1.29 is 14.4 Å². The van der Waals surface area contributed by atoms with Crippen LogP contribution >= 0.6 is 7.60 Å². The van der Waals surface area contributed by atoms with Gasteiger partial charge in [0.1, 0.15) is 5.82 Å². The van der Waals surface area contributed by atoms with Gasteiger partial charge in [0.05, 0.1) is 6.54 Å². The Balaban J connectivity index is 2.06. The number of hydrogen-bond acceptors (Lipinski definition) is 4. The van der Waals surface area contributed by atoms with Gasteiger partial charge in [-0.3, -0.25) is 13.9 Å². The van der Waals surface area contributed by atoms with E-state index >= 15 is 0 Å². The van der Waals surface area contributed by atoms with Gasteiger partial charge in [-0.25, -0.2) is 14.3 Å². The van der Waals surface area contributed by atoms with Gasteiger partial charge in [-0.1, -0.05) is 30.2 Å². The number of imidazole rings is 1. The van der Waals surface area contributed by atoms with Crippen LogP contribution in [0.4, 0.5) is 0 Å². The molecule has 0 bridgehead atoms. The summed E-state index contributed by atoms with van der Waals surface area (Å²) in [6.07, 6.45) is 7.05. The third-order valence-electron chi connectivity index (χ3n) is 5.72. The molecule has 0 saturated heterocycles. The lowest BCUT2D eigenvalue weighted by molar-refractivity contribution is 0.370. The molecule has 0 fully saturated rings. The maximum atomic E-state index is 13.2. The van der Waals surface area contributed by atoms with Crippen LogP contribution in [0.25, 0.3) is 11.2 Å². The van der Waals surface area contributed by atoms with E-state index in [9.17, 15) is 14.2 Å². The van der Waals surface area contributed by atoms with Crippen LogP contribution in [0.5, 0.6) is 0 Å². The summed E-state index contributed by atoms with van der Waals surface area (Å²) in [4.78, 5) is 49.1. The lowest BCUT2D eigenvalue weighted by Crippen LogP contribution is -2.40. The van der Waals surface area contributed by atoms with E-state index in [4.69, 9.17) is 16.2 Å². The van der Waals surface area contributed by atoms with Crippen LogP contribution in [0.3, 0.4) is 0 Å². The van der Waals surface area contributed by atoms with E-state index in [0.29, 0.717) is 30.7 Å². The molecule has 0 atom stereocenters. The monoisotopic (exact) mass is 472 g/mol. The number of fused-ring (bicyclic) bond motifs is 1. The van der Waals surface area contributed by atoms with Crippen LogP contribution in [0.15, 0.2) is 33.9 Å². The number of hydrogen-bond donors (Lipinski definition) is 2. The third kappa shape index (κ3) is 5.53. The van der Waals surface area contributed by atoms with Gasteiger partial charge in [-0.15, -0.1) is 6.42 Å². The van der Waals surface area contributed by atoms with E-state index < -0.39 is 18.8 Å². The Bertz CT molecular complexity index is 1360. The van der Waals surface area contributed by atoms with Crippen LogP contribution in [-0.4, -0.2) is 34.6 Å². The van der Waals surface area contributed by atoms with E-state index in [2.05, 4.69) is 17.0 Å². The molecule has 0 unspecified atom stereocenters. The third-order valence-corrected chi connectivity index (χ3v) is 6.62. The van der Waals surface area contributed by atoms with Gasteiger partial charge in [-0.2, -0.15) is 0 Å². The molecule has 3 aromatic rings. The Morgan fingerprint density at radius 2 is 1.82 bits per heavy atom. The second-order valence-electron chi connectivity index (χ2n) is 8.00. The van der Waals surface area contributed by atoms with Crippen molar-refractivity contribution in [2.24, 2.45) is 0 Å². The second kappa shape index (κ2) is 10.3. The molecule has 0 radical (unpaired) electrons. The first kappa shape index (κ1) is 24.7. The maximum Gasteiger partial charge on any atom is 0.333 e. The van der Waals surface area contributed by atoms with E-state index in [0.717, 1.165) is 11.0 Å². The largest absolute Gasteiger partial charge is 0.333 e. The van der Waals surface area contributed by atoms with Gasteiger partial charge < -0.3 is 14.4 Å². The molecule has 10 heteroatoms. The predicted molar refractivity (Wildman–Crippen MR) is 127 cm³/mol. The summed E-state index contributed by atoms with van der Waals surface area (Å²) < 4.78 is 15.4. The zero-order chi connectivity index (χ0) is 24.2. The number of rotatable bonds is 10. The summed E-state index contributed by atoms with van der Waals surface area (Å²) >= 11 is 0. The second-order valence-corrected chi connectivity index (χ2v) is 9.77.